The number of aromatic nitrogens is 6. The van der Waals surface area contributed by atoms with Crippen LogP contribution in [-0.2, 0) is 22.0 Å². The molecule has 0 aliphatic heterocycles. The maximum Gasteiger partial charge on any atom is 1.00 e. The second-order valence-electron chi connectivity index (χ2n) is 8.21. The van der Waals surface area contributed by atoms with Crippen molar-refractivity contribution < 1.29 is 91.2 Å². The minimum atomic E-state index is -5.63. The predicted molar refractivity (Wildman–Crippen MR) is 126 cm³/mol. The summed E-state index contributed by atoms with van der Waals surface area (Å²) in [5.74, 6) is 0.494. The van der Waals surface area contributed by atoms with Crippen LogP contribution in [0.15, 0.2) is 64.6 Å². The third kappa shape index (κ3) is 6.86. The van der Waals surface area contributed by atoms with E-state index in [-0.39, 0.29) is 91.3 Å². The van der Waals surface area contributed by atoms with E-state index >= 15 is 0 Å². The molecule has 0 amide bonds. The molecular weight excluding hydrogens is 590 g/mol. The Morgan fingerprint density at radius 1 is 1.00 bits per heavy atom. The molecule has 41 heavy (non-hydrogen) atoms. The number of phosphoric acid groups is 1. The van der Waals surface area contributed by atoms with Crippen LogP contribution in [0.1, 0.15) is 11.4 Å². The Morgan fingerprint density at radius 2 is 1.68 bits per heavy atom. The number of rotatable bonds is 5. The Kier molecular flexibility index (Phi) is 10.1. The van der Waals surface area contributed by atoms with Crippen LogP contribution < -0.4 is 80.2 Å². The normalized spacial score (nSPS) is 11.8. The van der Waals surface area contributed by atoms with Crippen LogP contribution in [0.3, 0.4) is 0 Å². The van der Waals surface area contributed by atoms with Gasteiger partial charge in [0.15, 0.2) is 0 Å². The molecule has 1 aromatic carbocycles. The number of halogens is 3. The summed E-state index contributed by atoms with van der Waals surface area (Å²) in [6, 6.07) is 6.80. The second kappa shape index (κ2) is 12.5. The first-order chi connectivity index (χ1) is 18.3. The predicted octanol–water partition coefficient (Wildman–Crippen LogP) is -4.31. The molecule has 5 rings (SSSR count). The Labute approximate surface area is 272 Å². The maximum absolute atomic E-state index is 13.5. The molecule has 0 aliphatic carbocycles. The molecule has 0 aliphatic rings. The van der Waals surface area contributed by atoms with Crippen molar-refractivity contribution in [3.05, 3.63) is 87.2 Å². The van der Waals surface area contributed by atoms with Gasteiger partial charge in [-0.15, -0.1) is 0 Å². The molecule has 0 radical (unpaired) electrons. The maximum atomic E-state index is 13.5. The van der Waals surface area contributed by atoms with E-state index in [1.807, 2.05) is 0 Å². The molecule has 0 fully saturated rings. The molecule has 0 saturated carbocycles. The Hall–Kier alpha value is -2.30. The van der Waals surface area contributed by atoms with Crippen LogP contribution in [0, 0.1) is 6.92 Å². The smallest absolute Gasteiger partial charge is 0.790 e. The Bertz CT molecular complexity index is 1930. The summed E-state index contributed by atoms with van der Waals surface area (Å²) >= 11 is 0. The molecule has 200 valence electrons. The Morgan fingerprint density at radius 3 is 2.32 bits per heavy atom. The minimum absolute atomic E-state index is 0. The fraction of sp³-hybridized carbons (Fsp3) is 0.130. The number of pyridine rings is 2. The summed E-state index contributed by atoms with van der Waals surface area (Å²) in [4.78, 5) is 65.7. The van der Waals surface area contributed by atoms with Gasteiger partial charge in [-0.05, 0) is 37.3 Å². The van der Waals surface area contributed by atoms with E-state index in [1.54, 1.807) is 13.0 Å². The largest absolute Gasteiger partial charge is 1.00 e. The molecule has 18 heteroatoms. The van der Waals surface area contributed by atoms with Gasteiger partial charge >= 0.3 is 71.0 Å². The van der Waals surface area contributed by atoms with Gasteiger partial charge in [-0.25, -0.2) is 24.3 Å². The molecule has 0 bridgehead atoms. The number of alkyl halides is 3. The first kappa shape index (κ1) is 33.2. The van der Waals surface area contributed by atoms with E-state index < -0.39 is 37.5 Å². The fourth-order valence-corrected chi connectivity index (χ4v) is 4.13. The van der Waals surface area contributed by atoms with Crippen LogP contribution in [-0.4, -0.2) is 29.1 Å². The van der Waals surface area contributed by atoms with Gasteiger partial charge in [-0.2, -0.15) is 13.2 Å². The molecule has 0 atom stereocenters. The van der Waals surface area contributed by atoms with Gasteiger partial charge in [0, 0.05) is 24.2 Å². The molecule has 0 spiro atoms. The molecule has 4 heterocycles. The molecule has 0 saturated heterocycles. The van der Waals surface area contributed by atoms with E-state index in [2.05, 4.69) is 24.5 Å². The average Bonchev–Trinajstić information content (AvgIpc) is 2.88. The fourth-order valence-electron chi connectivity index (χ4n) is 3.87. The van der Waals surface area contributed by atoms with E-state index in [0.717, 1.165) is 22.9 Å². The van der Waals surface area contributed by atoms with Crippen molar-refractivity contribution >= 4 is 29.8 Å². The number of hydrogen-bond donors (Lipinski definition) is 0. The van der Waals surface area contributed by atoms with E-state index in [9.17, 15) is 37.1 Å². The van der Waals surface area contributed by atoms with Gasteiger partial charge in [-0.1, -0.05) is 6.07 Å². The average molecular weight is 604 g/mol. The summed E-state index contributed by atoms with van der Waals surface area (Å²) in [6.45, 7) is 0.374. The SMILES string of the molecule is Cc1ncc(-c2ccc3ncc4c(=O)n(COP(=O)([O-])[O-])c(=O)n(-c5cccc(C(F)(F)F)c5)c4c3n2)cn1.[Na+].[Na+]. The van der Waals surface area contributed by atoms with E-state index in [4.69, 9.17) is 0 Å². The summed E-state index contributed by atoms with van der Waals surface area (Å²) in [6.07, 6.45) is -0.734. The van der Waals surface area contributed by atoms with Crippen LogP contribution in [0.4, 0.5) is 13.2 Å². The first-order valence-electron chi connectivity index (χ1n) is 10.9. The van der Waals surface area contributed by atoms with Crippen molar-refractivity contribution in [1.29, 1.82) is 0 Å². The van der Waals surface area contributed by atoms with Gasteiger partial charge in [0.1, 0.15) is 18.1 Å². The van der Waals surface area contributed by atoms with Crippen molar-refractivity contribution in [2.24, 2.45) is 0 Å². The number of fused-ring (bicyclic) bond motifs is 3. The van der Waals surface area contributed by atoms with Crippen LogP contribution in [0.25, 0.3) is 38.9 Å². The molecule has 12 nitrogen and oxygen atoms in total. The number of nitrogens with zero attached hydrogens (tertiary/aromatic N) is 6. The summed E-state index contributed by atoms with van der Waals surface area (Å²) < 4.78 is 56.7. The number of benzene rings is 1. The molecular formula is C23H14F3N6Na2O6P. The zero-order chi connectivity index (χ0) is 28.1. The van der Waals surface area contributed by atoms with Gasteiger partial charge < -0.3 is 18.9 Å². The van der Waals surface area contributed by atoms with Gasteiger partial charge in [0.25, 0.3) is 5.56 Å². The minimum Gasteiger partial charge on any atom is -0.790 e. The third-order valence-electron chi connectivity index (χ3n) is 5.66. The number of hydrogen-bond acceptors (Lipinski definition) is 10. The number of phosphoric ester groups is 1. The standard InChI is InChI=1S/C23H16F3N6O6P.2Na/c1-12-27-8-13(9-28-12)17-5-6-18-19(30-17)20-16(10-29-18)21(33)31(11-38-39(35,36)37)22(34)32(20)15-4-2-3-14(7-15)23(24,25)26;;/h2-10H,11H2,1H3,(H2,35,36,37);;/q;2*+1/p-2. The van der Waals surface area contributed by atoms with Gasteiger partial charge in [0.05, 0.1) is 41.2 Å². The van der Waals surface area contributed by atoms with Gasteiger partial charge in [-0.3, -0.25) is 14.3 Å². The molecule has 5 aromatic rings. The van der Waals surface area contributed by atoms with Gasteiger partial charge in [0.2, 0.25) is 0 Å². The summed E-state index contributed by atoms with van der Waals surface area (Å²) in [7, 11) is -5.63. The summed E-state index contributed by atoms with van der Waals surface area (Å²) in [5, 5.41) is -0.306. The second-order valence-corrected chi connectivity index (χ2v) is 9.36. The van der Waals surface area contributed by atoms with E-state index in [1.165, 1.54) is 24.5 Å². The van der Waals surface area contributed by atoms with Crippen molar-refractivity contribution in [2.45, 2.75) is 19.8 Å². The first-order valence-corrected chi connectivity index (χ1v) is 12.4. The third-order valence-corrected chi connectivity index (χ3v) is 6.09. The Balaban J connectivity index is 0.00000231. The molecule has 0 N–H and O–H groups in total. The van der Waals surface area contributed by atoms with Crippen molar-refractivity contribution in [3.63, 3.8) is 0 Å². The van der Waals surface area contributed by atoms with Crippen molar-refractivity contribution in [1.82, 2.24) is 29.1 Å². The van der Waals surface area contributed by atoms with Crippen molar-refractivity contribution in [2.75, 3.05) is 0 Å². The van der Waals surface area contributed by atoms with Crippen LogP contribution >= 0.6 is 7.82 Å². The van der Waals surface area contributed by atoms with E-state index in [0.29, 0.717) is 23.1 Å². The monoisotopic (exact) mass is 604 g/mol. The molecule has 0 unspecified atom stereocenters. The zero-order valence-corrected chi connectivity index (χ0v) is 26.5. The summed E-state index contributed by atoms with van der Waals surface area (Å²) in [5.41, 5.74) is -3.05. The topological polar surface area (TPSA) is 168 Å². The van der Waals surface area contributed by atoms with Crippen molar-refractivity contribution in [3.8, 4) is 16.9 Å². The number of aryl methyl sites for hydroxylation is 1. The zero-order valence-electron chi connectivity index (χ0n) is 21.6. The van der Waals surface area contributed by atoms with Crippen LogP contribution in [0.5, 0.6) is 0 Å². The quantitative estimate of drug-likeness (QED) is 0.109. The van der Waals surface area contributed by atoms with Crippen LogP contribution in [0.2, 0.25) is 0 Å². The molecule has 4 aromatic heterocycles.